The summed E-state index contributed by atoms with van der Waals surface area (Å²) in [5.41, 5.74) is 1.94. The van der Waals surface area contributed by atoms with Crippen LogP contribution in [0.5, 0.6) is 0 Å². The summed E-state index contributed by atoms with van der Waals surface area (Å²) >= 11 is 2.25. The Morgan fingerprint density at radius 3 is 2.94 bits per heavy atom. The van der Waals surface area contributed by atoms with E-state index in [1.165, 1.54) is 5.56 Å². The Kier molecular flexibility index (Phi) is 4.04. The van der Waals surface area contributed by atoms with Gasteiger partial charge in [-0.05, 0) is 53.6 Å². The van der Waals surface area contributed by atoms with E-state index >= 15 is 0 Å². The Morgan fingerprint density at radius 2 is 2.35 bits per heavy atom. The fourth-order valence-electron chi connectivity index (χ4n) is 2.07. The lowest BCUT2D eigenvalue weighted by Crippen LogP contribution is -2.29. The zero-order valence-corrected chi connectivity index (χ0v) is 12.0. The van der Waals surface area contributed by atoms with Gasteiger partial charge in [0.1, 0.15) is 0 Å². The molecule has 1 aliphatic heterocycles. The molecule has 1 N–H and O–H groups in total. The number of hydrogen-bond acceptors (Lipinski definition) is 2. The molecule has 1 atom stereocenters. The number of hydrogen-bond donors (Lipinski definition) is 1. The molecular formula is C13H16INO2. The van der Waals surface area contributed by atoms with Gasteiger partial charge in [-0.2, -0.15) is 0 Å². The third kappa shape index (κ3) is 2.80. The summed E-state index contributed by atoms with van der Waals surface area (Å²) in [5, 5.41) is 9.08. The van der Waals surface area contributed by atoms with Gasteiger partial charge in [-0.25, -0.2) is 0 Å². The Bertz CT molecular complexity index is 433. The molecule has 92 valence electrons. The van der Waals surface area contributed by atoms with Gasteiger partial charge >= 0.3 is 0 Å². The van der Waals surface area contributed by atoms with E-state index in [-0.39, 0.29) is 18.4 Å². The summed E-state index contributed by atoms with van der Waals surface area (Å²) in [5.74, 6) is 0.335. The average molecular weight is 345 g/mol. The lowest BCUT2D eigenvalue weighted by atomic mass is 10.1. The fraction of sp³-hybridized carbons (Fsp3) is 0.462. The molecule has 1 aromatic carbocycles. The van der Waals surface area contributed by atoms with Crippen molar-refractivity contribution in [2.45, 2.75) is 13.3 Å². The highest BCUT2D eigenvalue weighted by molar-refractivity contribution is 14.1. The number of nitrogens with zero attached hydrogens (tertiary/aromatic N) is 1. The lowest BCUT2D eigenvalue weighted by molar-refractivity contribution is 0.0782. The number of halogens is 1. The number of aliphatic hydroxyl groups is 1. The molecule has 1 saturated heterocycles. The summed E-state index contributed by atoms with van der Waals surface area (Å²) < 4.78 is 1.12. The molecule has 1 aromatic rings. The number of rotatable bonds is 2. The largest absolute Gasteiger partial charge is 0.396 e. The smallest absolute Gasteiger partial charge is 0.253 e. The number of benzene rings is 1. The van der Waals surface area contributed by atoms with Crippen molar-refractivity contribution in [3.63, 3.8) is 0 Å². The second-order valence-corrected chi connectivity index (χ2v) is 5.71. The minimum Gasteiger partial charge on any atom is -0.396 e. The molecule has 1 heterocycles. The Balaban J connectivity index is 2.12. The van der Waals surface area contributed by atoms with Crippen LogP contribution < -0.4 is 0 Å². The summed E-state index contributed by atoms with van der Waals surface area (Å²) in [6, 6.07) is 5.80. The van der Waals surface area contributed by atoms with Gasteiger partial charge in [0.25, 0.3) is 5.91 Å². The van der Waals surface area contributed by atoms with Gasteiger partial charge in [0.15, 0.2) is 0 Å². The molecule has 0 spiro atoms. The van der Waals surface area contributed by atoms with Crippen molar-refractivity contribution in [3.8, 4) is 0 Å². The maximum Gasteiger partial charge on any atom is 0.253 e. The van der Waals surface area contributed by atoms with Crippen LogP contribution in [0.2, 0.25) is 0 Å². The van der Waals surface area contributed by atoms with Gasteiger partial charge in [0, 0.05) is 34.7 Å². The van der Waals surface area contributed by atoms with Gasteiger partial charge in [-0.3, -0.25) is 4.79 Å². The number of aryl methyl sites for hydroxylation is 1. The summed E-state index contributed by atoms with van der Waals surface area (Å²) in [6.07, 6.45) is 0.908. The van der Waals surface area contributed by atoms with Gasteiger partial charge in [0.05, 0.1) is 0 Å². The maximum atomic E-state index is 12.2. The molecule has 4 heteroatoms. The number of carbonyl (C=O) groups is 1. The molecule has 1 fully saturated rings. The van der Waals surface area contributed by atoms with Crippen LogP contribution in [-0.2, 0) is 0 Å². The van der Waals surface area contributed by atoms with Crippen LogP contribution in [0.4, 0.5) is 0 Å². The van der Waals surface area contributed by atoms with Gasteiger partial charge in [-0.15, -0.1) is 0 Å². The predicted octanol–water partition coefficient (Wildman–Crippen LogP) is 2.05. The van der Waals surface area contributed by atoms with Crippen LogP contribution >= 0.6 is 22.6 Å². The quantitative estimate of drug-likeness (QED) is 0.834. The lowest BCUT2D eigenvalue weighted by Gasteiger charge is -2.16. The van der Waals surface area contributed by atoms with E-state index < -0.39 is 0 Å². The van der Waals surface area contributed by atoms with E-state index in [1.807, 2.05) is 30.0 Å². The standard InChI is InChI=1S/C13H16INO2/c1-9-2-3-11(6-12(9)14)13(17)15-5-4-10(7-15)8-16/h2-3,6,10,16H,4-5,7-8H2,1H3. The van der Waals surface area contributed by atoms with Gasteiger partial charge in [0.2, 0.25) is 0 Å². The van der Waals surface area contributed by atoms with E-state index in [9.17, 15) is 4.79 Å². The molecule has 0 aliphatic carbocycles. The van der Waals surface area contributed by atoms with Crippen LogP contribution in [0.1, 0.15) is 22.3 Å². The molecular weight excluding hydrogens is 329 g/mol. The van der Waals surface area contributed by atoms with Crippen molar-refractivity contribution < 1.29 is 9.90 Å². The molecule has 2 rings (SSSR count). The van der Waals surface area contributed by atoms with Crippen molar-refractivity contribution in [2.75, 3.05) is 19.7 Å². The highest BCUT2D eigenvalue weighted by Gasteiger charge is 2.26. The number of carbonyl (C=O) groups excluding carboxylic acids is 1. The molecule has 0 saturated carbocycles. The Morgan fingerprint density at radius 1 is 1.59 bits per heavy atom. The highest BCUT2D eigenvalue weighted by Crippen LogP contribution is 2.20. The molecule has 17 heavy (non-hydrogen) atoms. The molecule has 1 unspecified atom stereocenters. The molecule has 0 radical (unpaired) electrons. The first kappa shape index (κ1) is 12.8. The number of aliphatic hydroxyl groups excluding tert-OH is 1. The van der Waals surface area contributed by atoms with Crippen molar-refractivity contribution in [1.82, 2.24) is 4.90 Å². The van der Waals surface area contributed by atoms with Crippen LogP contribution in [0.25, 0.3) is 0 Å². The first-order valence-corrected chi connectivity index (χ1v) is 6.86. The number of likely N-dealkylation sites (tertiary alicyclic amines) is 1. The minimum atomic E-state index is 0.0823. The average Bonchev–Trinajstić information content (AvgIpc) is 2.80. The SMILES string of the molecule is Cc1ccc(C(=O)N2CCC(CO)C2)cc1I. The second kappa shape index (κ2) is 5.35. The van der Waals surface area contributed by atoms with E-state index in [4.69, 9.17) is 5.11 Å². The predicted molar refractivity (Wildman–Crippen MR) is 75.0 cm³/mol. The number of amides is 1. The molecule has 1 aliphatic rings. The highest BCUT2D eigenvalue weighted by atomic mass is 127. The topological polar surface area (TPSA) is 40.5 Å². The van der Waals surface area contributed by atoms with Crippen molar-refractivity contribution in [1.29, 1.82) is 0 Å². The Hall–Kier alpha value is -0.620. The third-order valence-corrected chi connectivity index (χ3v) is 4.41. The van der Waals surface area contributed by atoms with Crippen molar-refractivity contribution in [3.05, 3.63) is 32.9 Å². The third-order valence-electron chi connectivity index (χ3n) is 3.25. The molecule has 0 aromatic heterocycles. The molecule has 1 amide bonds. The van der Waals surface area contributed by atoms with Gasteiger partial charge < -0.3 is 10.0 Å². The zero-order chi connectivity index (χ0) is 12.4. The molecule has 3 nitrogen and oxygen atoms in total. The van der Waals surface area contributed by atoms with E-state index in [1.54, 1.807) is 0 Å². The first-order valence-electron chi connectivity index (χ1n) is 5.78. The first-order chi connectivity index (χ1) is 8.11. The molecule has 0 bridgehead atoms. The van der Waals surface area contributed by atoms with E-state index in [2.05, 4.69) is 22.6 Å². The van der Waals surface area contributed by atoms with Crippen molar-refractivity contribution >= 4 is 28.5 Å². The minimum absolute atomic E-state index is 0.0823. The Labute approximate surface area is 115 Å². The van der Waals surface area contributed by atoms with Crippen LogP contribution in [0, 0.1) is 16.4 Å². The monoisotopic (exact) mass is 345 g/mol. The van der Waals surface area contributed by atoms with Crippen LogP contribution in [0.3, 0.4) is 0 Å². The van der Waals surface area contributed by atoms with Crippen LogP contribution in [0.15, 0.2) is 18.2 Å². The van der Waals surface area contributed by atoms with E-state index in [0.717, 1.165) is 22.1 Å². The zero-order valence-electron chi connectivity index (χ0n) is 9.82. The second-order valence-electron chi connectivity index (χ2n) is 4.55. The summed E-state index contributed by atoms with van der Waals surface area (Å²) in [6.45, 7) is 3.65. The summed E-state index contributed by atoms with van der Waals surface area (Å²) in [7, 11) is 0. The van der Waals surface area contributed by atoms with E-state index in [0.29, 0.717) is 6.54 Å². The van der Waals surface area contributed by atoms with Crippen molar-refractivity contribution in [2.24, 2.45) is 5.92 Å². The normalized spacial score (nSPS) is 19.7. The van der Waals surface area contributed by atoms with Gasteiger partial charge in [-0.1, -0.05) is 6.07 Å². The fourth-order valence-corrected chi connectivity index (χ4v) is 2.59. The maximum absolute atomic E-state index is 12.2. The summed E-state index contributed by atoms with van der Waals surface area (Å²) in [4.78, 5) is 14.0. The van der Waals surface area contributed by atoms with Crippen LogP contribution in [-0.4, -0.2) is 35.6 Å².